The molecular weight excluding hydrogens is 657 g/mol. The number of furan rings is 1. The summed E-state index contributed by atoms with van der Waals surface area (Å²) < 4.78 is 6.39. The maximum atomic E-state index is 6.39. The maximum Gasteiger partial charge on any atom is 0.136 e. The van der Waals surface area contributed by atoms with Crippen LogP contribution in [0.2, 0.25) is 0 Å². The largest absolute Gasteiger partial charge is 0.456 e. The zero-order valence-electron chi connectivity index (χ0n) is 30.2. The first-order valence-corrected chi connectivity index (χ1v) is 18.9. The summed E-state index contributed by atoms with van der Waals surface area (Å²) in [6, 6.07) is 59.5. The van der Waals surface area contributed by atoms with Gasteiger partial charge in [-0.25, -0.2) is 0 Å². The average molecular weight is 695 g/mol. The monoisotopic (exact) mass is 694 g/mol. The minimum atomic E-state index is -0.120. The van der Waals surface area contributed by atoms with Gasteiger partial charge in [0.05, 0.1) is 6.04 Å². The van der Waals surface area contributed by atoms with Gasteiger partial charge in [-0.3, -0.25) is 5.32 Å². The van der Waals surface area contributed by atoms with Crippen LogP contribution in [0, 0.1) is 0 Å². The predicted octanol–water partition coefficient (Wildman–Crippen LogP) is 12.8. The highest BCUT2D eigenvalue weighted by atomic mass is 16.3. The molecule has 2 N–H and O–H groups in total. The van der Waals surface area contributed by atoms with Crippen LogP contribution in [0.1, 0.15) is 53.9 Å². The molecule has 0 radical (unpaired) electrons. The molecule has 2 atom stereocenters. The Labute approximate surface area is 314 Å². The summed E-state index contributed by atoms with van der Waals surface area (Å²) in [4.78, 5) is 0. The smallest absolute Gasteiger partial charge is 0.136 e. The molecule has 0 bridgehead atoms. The minimum Gasteiger partial charge on any atom is -0.456 e. The molecule has 11 rings (SSSR count). The normalized spacial score (nSPS) is 17.4. The lowest BCUT2D eigenvalue weighted by molar-refractivity contribution is 0.443. The van der Waals surface area contributed by atoms with Gasteiger partial charge in [0.25, 0.3) is 0 Å². The van der Waals surface area contributed by atoms with Gasteiger partial charge in [-0.15, -0.1) is 0 Å². The Morgan fingerprint density at radius 3 is 2.00 bits per heavy atom. The van der Waals surface area contributed by atoms with Crippen LogP contribution in [0.15, 0.2) is 174 Å². The van der Waals surface area contributed by atoms with Crippen LogP contribution < -0.4 is 10.6 Å². The van der Waals surface area contributed by atoms with Crippen molar-refractivity contribution < 1.29 is 4.42 Å². The van der Waals surface area contributed by atoms with E-state index in [0.717, 1.165) is 27.6 Å². The fourth-order valence-electron chi connectivity index (χ4n) is 9.17. The molecule has 8 aromatic carbocycles. The second kappa shape index (κ2) is 11.8. The van der Waals surface area contributed by atoms with Crippen molar-refractivity contribution in [3.63, 3.8) is 0 Å². The lowest BCUT2D eigenvalue weighted by atomic mass is 9.81. The standard InChI is InChI=1S/C51H38N2O/c1-51(2)43-22-12-21-39(49(43)42-26-33-16-6-8-17-34(33)28-44(42)51)46-30-45(52-50(53-46)31-13-4-3-5-14-31)38-20-11-10-19-37(38)36-23-24-47-40(27-36)41-25-32-15-7-9-18-35(32)29-48(41)54-47/h3-30,45,50,52-53H,1-2H3. The first-order valence-electron chi connectivity index (χ1n) is 18.9. The highest BCUT2D eigenvalue weighted by Gasteiger charge is 2.38. The number of benzene rings is 8. The van der Waals surface area contributed by atoms with Crippen LogP contribution in [-0.4, -0.2) is 0 Å². The summed E-state index contributed by atoms with van der Waals surface area (Å²) >= 11 is 0. The average Bonchev–Trinajstić information content (AvgIpc) is 3.69. The van der Waals surface area contributed by atoms with Gasteiger partial charge < -0.3 is 9.73 Å². The molecule has 2 aliphatic rings. The van der Waals surface area contributed by atoms with Crippen LogP contribution in [0.25, 0.3) is 71.4 Å². The SMILES string of the molecule is CC1(C)c2cc3ccccc3cc2-c2c(C3=CC(c4ccccc4-c4ccc5oc6cc7ccccc7cc6c5c4)NC(c4ccccc4)N3)cccc21. The second-order valence-corrected chi connectivity index (χ2v) is 15.4. The van der Waals surface area contributed by atoms with E-state index in [1.165, 1.54) is 71.6 Å². The van der Waals surface area contributed by atoms with Gasteiger partial charge >= 0.3 is 0 Å². The number of hydrogen-bond donors (Lipinski definition) is 2. The summed E-state index contributed by atoms with van der Waals surface area (Å²) in [5.74, 6) is 0. The summed E-state index contributed by atoms with van der Waals surface area (Å²) in [6.07, 6.45) is 2.30. The Hall–Kier alpha value is -6.42. The van der Waals surface area contributed by atoms with E-state index in [0.29, 0.717) is 0 Å². The fourth-order valence-corrected chi connectivity index (χ4v) is 9.17. The first kappa shape index (κ1) is 31.1. The molecule has 258 valence electrons. The Morgan fingerprint density at radius 1 is 0.519 bits per heavy atom. The molecule has 0 fully saturated rings. The summed E-state index contributed by atoms with van der Waals surface area (Å²) in [7, 11) is 0. The molecule has 9 aromatic rings. The molecule has 1 aliphatic heterocycles. The van der Waals surface area contributed by atoms with E-state index in [-0.39, 0.29) is 17.6 Å². The molecule has 1 aliphatic carbocycles. The number of hydrogen-bond acceptors (Lipinski definition) is 3. The highest BCUT2D eigenvalue weighted by molar-refractivity contribution is 6.11. The summed E-state index contributed by atoms with van der Waals surface area (Å²) in [5.41, 5.74) is 14.3. The van der Waals surface area contributed by atoms with E-state index < -0.39 is 0 Å². The van der Waals surface area contributed by atoms with Crippen molar-refractivity contribution in [1.82, 2.24) is 10.6 Å². The van der Waals surface area contributed by atoms with E-state index in [9.17, 15) is 0 Å². The predicted molar refractivity (Wildman–Crippen MR) is 224 cm³/mol. The Morgan fingerprint density at radius 2 is 1.19 bits per heavy atom. The van der Waals surface area contributed by atoms with Crippen LogP contribution in [0.5, 0.6) is 0 Å². The van der Waals surface area contributed by atoms with Gasteiger partial charge in [-0.05, 0) is 109 Å². The summed E-state index contributed by atoms with van der Waals surface area (Å²) in [5, 5.41) is 15.2. The van der Waals surface area contributed by atoms with E-state index in [2.05, 4.69) is 194 Å². The van der Waals surface area contributed by atoms with Crippen LogP contribution >= 0.6 is 0 Å². The molecular formula is C51H38N2O. The zero-order valence-corrected chi connectivity index (χ0v) is 30.2. The van der Waals surface area contributed by atoms with Crippen molar-refractivity contribution in [1.29, 1.82) is 0 Å². The van der Waals surface area contributed by atoms with E-state index in [4.69, 9.17) is 4.42 Å². The molecule has 0 saturated carbocycles. The van der Waals surface area contributed by atoms with Crippen LogP contribution in [0.3, 0.4) is 0 Å². The van der Waals surface area contributed by atoms with Crippen molar-refractivity contribution in [2.75, 3.05) is 0 Å². The third kappa shape index (κ3) is 4.79. The van der Waals surface area contributed by atoms with Gasteiger partial charge in [-0.2, -0.15) is 0 Å². The summed E-state index contributed by atoms with van der Waals surface area (Å²) in [6.45, 7) is 4.74. The molecule has 3 nitrogen and oxygen atoms in total. The Bertz CT molecular complexity index is 2990. The first-order chi connectivity index (χ1) is 26.5. The topological polar surface area (TPSA) is 37.2 Å². The van der Waals surface area contributed by atoms with Gasteiger partial charge in [0.15, 0.2) is 0 Å². The second-order valence-electron chi connectivity index (χ2n) is 15.4. The Kier molecular flexibility index (Phi) is 6.80. The van der Waals surface area contributed by atoms with Crippen LogP contribution in [0.4, 0.5) is 0 Å². The lowest BCUT2D eigenvalue weighted by Gasteiger charge is -2.34. The van der Waals surface area contributed by atoms with Gasteiger partial charge in [0, 0.05) is 27.4 Å². The van der Waals surface area contributed by atoms with Crippen molar-refractivity contribution in [2.24, 2.45) is 0 Å². The molecule has 0 spiro atoms. The highest BCUT2D eigenvalue weighted by Crippen LogP contribution is 2.52. The van der Waals surface area contributed by atoms with Gasteiger partial charge in [0.1, 0.15) is 17.3 Å². The quantitative estimate of drug-likeness (QED) is 0.193. The van der Waals surface area contributed by atoms with Crippen molar-refractivity contribution in [2.45, 2.75) is 31.5 Å². The van der Waals surface area contributed by atoms with Gasteiger partial charge in [-0.1, -0.05) is 141 Å². The molecule has 0 saturated heterocycles. The molecule has 54 heavy (non-hydrogen) atoms. The molecule has 2 heterocycles. The molecule has 1 aromatic heterocycles. The van der Waals surface area contributed by atoms with E-state index in [1.54, 1.807) is 0 Å². The van der Waals surface area contributed by atoms with Crippen molar-refractivity contribution in [3.05, 3.63) is 198 Å². The molecule has 3 heteroatoms. The van der Waals surface area contributed by atoms with Crippen LogP contribution in [-0.2, 0) is 5.41 Å². The zero-order chi connectivity index (χ0) is 36.0. The minimum absolute atomic E-state index is 0.0651. The van der Waals surface area contributed by atoms with Gasteiger partial charge in [0.2, 0.25) is 0 Å². The number of rotatable bonds is 4. The third-order valence-corrected chi connectivity index (χ3v) is 11.9. The number of nitrogens with one attached hydrogen (secondary N) is 2. The van der Waals surface area contributed by atoms with Crippen molar-refractivity contribution in [3.8, 4) is 22.3 Å². The molecule has 2 unspecified atom stereocenters. The number of fused-ring (bicyclic) bond motifs is 8. The maximum absolute atomic E-state index is 6.39. The molecule has 0 amide bonds. The van der Waals surface area contributed by atoms with Crippen molar-refractivity contribution >= 4 is 49.2 Å². The lowest BCUT2D eigenvalue weighted by Crippen LogP contribution is -2.39. The Balaban J connectivity index is 1.08. The fraction of sp³-hybridized carbons (Fsp3) is 0.0980. The van der Waals surface area contributed by atoms with E-state index >= 15 is 0 Å². The van der Waals surface area contributed by atoms with E-state index in [1.807, 2.05) is 0 Å². The third-order valence-electron chi connectivity index (χ3n) is 11.9.